The van der Waals surface area contributed by atoms with Gasteiger partial charge in [0.05, 0.1) is 30.5 Å². The smallest absolute Gasteiger partial charge is 0.329 e. The number of aromatic nitrogens is 1. The minimum Gasteiger partial charge on any atom is -0.488 e. The molecule has 15 atom stereocenters. The number of aryl methyl sites for hydroxylation is 1. The molecular formula is C53H78N2O13. The summed E-state index contributed by atoms with van der Waals surface area (Å²) in [5, 5.41) is 47.8. The third-order valence-corrected chi connectivity index (χ3v) is 15.5. The Labute approximate surface area is 402 Å². The standard InChI is InChI=1S/C53H78N2O13/c1-10-20-54-21-19-37-28-39(15-16-40(37)54)66-44-17-13-36(27-43(44)58)23-32(5)48-34(7)42(57)29-38(56)14-12-30(3)47(59)31(4)24-45(64-8)49-46(65-9)25-33(6)53(63,68-49)50(60)51(61)55-22-18-35(11-2)26-41(55)52(62)67-48/h12,15-16,19,21,23,28,31,33-36,41-49,57-59,63H,10-11,13-14,17-18,20,22,24-27,29H2,1-9H3/b30-12+,32-23?. The van der Waals surface area contributed by atoms with Gasteiger partial charge in [-0.15, -0.1) is 0 Å². The summed E-state index contributed by atoms with van der Waals surface area (Å²) in [4.78, 5) is 58.3. The van der Waals surface area contributed by atoms with E-state index in [0.29, 0.717) is 49.0 Å². The van der Waals surface area contributed by atoms with Crippen LogP contribution in [0, 0.1) is 29.6 Å². The predicted molar refractivity (Wildman–Crippen MR) is 255 cm³/mol. The van der Waals surface area contributed by atoms with Crippen molar-refractivity contribution in [1.82, 2.24) is 9.47 Å². The van der Waals surface area contributed by atoms with Crippen molar-refractivity contribution in [3.05, 3.63) is 53.8 Å². The molecule has 15 unspecified atom stereocenters. The van der Waals surface area contributed by atoms with E-state index in [0.717, 1.165) is 23.9 Å². The van der Waals surface area contributed by atoms with Crippen LogP contribution in [0.1, 0.15) is 119 Å². The summed E-state index contributed by atoms with van der Waals surface area (Å²) < 4.78 is 32.8. The summed E-state index contributed by atoms with van der Waals surface area (Å²) in [5.41, 5.74) is 2.26. The van der Waals surface area contributed by atoms with Crippen molar-refractivity contribution in [3.8, 4) is 5.75 Å². The molecule has 4 heterocycles. The fourth-order valence-corrected chi connectivity index (χ4v) is 11.0. The number of nitrogens with zero attached hydrogens (tertiary/aromatic N) is 2. The van der Waals surface area contributed by atoms with Gasteiger partial charge in [0.1, 0.15) is 35.9 Å². The van der Waals surface area contributed by atoms with Crippen LogP contribution < -0.4 is 4.74 Å². The lowest BCUT2D eigenvalue weighted by Gasteiger charge is -2.47. The minimum absolute atomic E-state index is 0.0240. The van der Waals surface area contributed by atoms with Crippen LogP contribution in [0.3, 0.4) is 0 Å². The first-order valence-electron chi connectivity index (χ1n) is 25.0. The second kappa shape index (κ2) is 23.3. The number of Topliss-reactive ketones (excluding diaryl/α,β-unsaturated/α-hetero) is 2. The lowest BCUT2D eigenvalue weighted by molar-refractivity contribution is -0.302. The number of aliphatic hydroxyl groups is 4. The lowest BCUT2D eigenvalue weighted by atomic mass is 9.81. The number of carbonyl (C=O) groups excluding carboxylic acids is 4. The van der Waals surface area contributed by atoms with Crippen molar-refractivity contribution < 1.29 is 63.3 Å². The van der Waals surface area contributed by atoms with Gasteiger partial charge in [-0.2, -0.15) is 0 Å². The molecule has 0 spiro atoms. The number of cyclic esters (lactones) is 1. The van der Waals surface area contributed by atoms with Gasteiger partial charge in [0.2, 0.25) is 5.79 Å². The number of amides is 1. The van der Waals surface area contributed by atoms with E-state index in [-0.39, 0.29) is 56.3 Å². The highest BCUT2D eigenvalue weighted by atomic mass is 16.7. The Hall–Kier alpha value is -3.96. The molecular weight excluding hydrogens is 873 g/mol. The maximum atomic E-state index is 14.7. The molecule has 1 saturated carbocycles. The molecule has 2 saturated heterocycles. The molecule has 378 valence electrons. The quantitative estimate of drug-likeness (QED) is 0.125. The number of ketones is 2. The Morgan fingerprint density at radius 1 is 0.912 bits per heavy atom. The summed E-state index contributed by atoms with van der Waals surface area (Å²) in [6.45, 7) is 13.7. The fourth-order valence-electron chi connectivity index (χ4n) is 11.0. The summed E-state index contributed by atoms with van der Waals surface area (Å²) in [5.74, 6) is -7.53. The summed E-state index contributed by atoms with van der Waals surface area (Å²) in [6.07, 6.45) is 2.72. The molecule has 0 radical (unpaired) electrons. The Morgan fingerprint density at radius 3 is 2.31 bits per heavy atom. The van der Waals surface area contributed by atoms with Gasteiger partial charge in [0, 0.05) is 69.1 Å². The Balaban J connectivity index is 1.29. The molecule has 6 rings (SSSR count). The fraction of sp³-hybridized carbons (Fsp3) is 0.698. The third kappa shape index (κ3) is 12.0. The van der Waals surface area contributed by atoms with Gasteiger partial charge in [-0.25, -0.2) is 4.79 Å². The van der Waals surface area contributed by atoms with Crippen molar-refractivity contribution in [2.75, 3.05) is 20.8 Å². The zero-order valence-corrected chi connectivity index (χ0v) is 41.7. The van der Waals surface area contributed by atoms with Crippen LogP contribution in [0.2, 0.25) is 0 Å². The van der Waals surface area contributed by atoms with Gasteiger partial charge < -0.3 is 53.6 Å². The van der Waals surface area contributed by atoms with Gasteiger partial charge in [-0.05, 0) is 118 Å². The van der Waals surface area contributed by atoms with E-state index >= 15 is 0 Å². The summed E-state index contributed by atoms with van der Waals surface area (Å²) in [7, 11) is 2.94. The van der Waals surface area contributed by atoms with E-state index in [4.69, 9.17) is 23.7 Å². The number of piperidine rings is 1. The molecule has 68 heavy (non-hydrogen) atoms. The predicted octanol–water partition coefficient (Wildman–Crippen LogP) is 6.24. The highest BCUT2D eigenvalue weighted by molar-refractivity contribution is 6.39. The van der Waals surface area contributed by atoms with Gasteiger partial charge >= 0.3 is 5.97 Å². The van der Waals surface area contributed by atoms with Crippen molar-refractivity contribution in [2.45, 2.75) is 186 Å². The Bertz CT molecular complexity index is 2130. The second-order valence-electron chi connectivity index (χ2n) is 20.4. The number of allylic oxidation sites excluding steroid dienone is 2. The van der Waals surface area contributed by atoms with Gasteiger partial charge in [0.25, 0.3) is 11.7 Å². The van der Waals surface area contributed by atoms with Crippen molar-refractivity contribution >= 4 is 34.3 Å². The average Bonchev–Trinajstić information content (AvgIpc) is 3.73. The van der Waals surface area contributed by atoms with Crippen LogP contribution in [0.15, 0.2) is 53.8 Å². The van der Waals surface area contributed by atoms with E-state index in [1.165, 1.54) is 19.1 Å². The number of fused-ring (bicyclic) bond motifs is 4. The minimum atomic E-state index is -2.59. The number of hydrogen-bond donors (Lipinski definition) is 4. The maximum absolute atomic E-state index is 14.7. The van der Waals surface area contributed by atoms with Gasteiger partial charge in [-0.1, -0.05) is 53.2 Å². The monoisotopic (exact) mass is 951 g/mol. The highest BCUT2D eigenvalue weighted by Crippen LogP contribution is 2.40. The number of ether oxygens (including phenoxy) is 5. The van der Waals surface area contributed by atoms with Crippen molar-refractivity contribution in [3.63, 3.8) is 0 Å². The normalized spacial score (nSPS) is 37.5. The molecule has 4 aliphatic rings. The number of carbonyl (C=O) groups is 4. The number of rotatable bonds is 9. The molecule has 3 fully saturated rings. The molecule has 15 heteroatoms. The largest absolute Gasteiger partial charge is 0.488 e. The Morgan fingerprint density at radius 2 is 1.63 bits per heavy atom. The van der Waals surface area contributed by atoms with E-state index in [1.54, 1.807) is 33.8 Å². The first-order valence-corrected chi connectivity index (χ1v) is 25.0. The first-order chi connectivity index (χ1) is 32.3. The molecule has 2 bridgehead atoms. The van der Waals surface area contributed by atoms with Crippen LogP contribution in [-0.4, -0.2) is 135 Å². The first kappa shape index (κ1) is 53.4. The van der Waals surface area contributed by atoms with E-state index in [2.05, 4.69) is 23.8 Å². The SMILES string of the molecule is CCCn1ccc2cc(OC3CCC(C=C(C)C4OC(=O)C5CC(CC)CCN5C(=O)C(=O)C5(O)OC(C(OC)CC(C)C(O)/C(C)=C/CC(=O)CC(O)C4C)C(OC)CC5C)CC3O)ccc21. The Kier molecular flexibility index (Phi) is 18.3. The average molecular weight is 951 g/mol. The number of esters is 1. The summed E-state index contributed by atoms with van der Waals surface area (Å²) in [6, 6.07) is 6.83. The number of benzene rings is 1. The summed E-state index contributed by atoms with van der Waals surface area (Å²) >= 11 is 0. The van der Waals surface area contributed by atoms with Crippen LogP contribution in [0.5, 0.6) is 5.75 Å². The number of methoxy groups -OCH3 is 2. The van der Waals surface area contributed by atoms with Crippen molar-refractivity contribution in [1.29, 1.82) is 0 Å². The molecule has 15 nitrogen and oxygen atoms in total. The zero-order valence-electron chi connectivity index (χ0n) is 41.7. The maximum Gasteiger partial charge on any atom is 0.329 e. The van der Waals surface area contributed by atoms with Crippen LogP contribution in [0.4, 0.5) is 0 Å². The van der Waals surface area contributed by atoms with Gasteiger partial charge in [0.15, 0.2) is 0 Å². The number of hydrogen-bond acceptors (Lipinski definition) is 13. The molecule has 3 aliphatic heterocycles. The van der Waals surface area contributed by atoms with Gasteiger partial charge in [-0.3, -0.25) is 14.4 Å². The van der Waals surface area contributed by atoms with E-state index < -0.39 is 96.1 Å². The van der Waals surface area contributed by atoms with Crippen molar-refractivity contribution in [2.24, 2.45) is 29.6 Å². The van der Waals surface area contributed by atoms with Crippen LogP contribution in [-0.2, 0) is 44.7 Å². The topological polar surface area (TPSA) is 204 Å². The molecule has 2 aromatic rings. The molecule has 1 amide bonds. The van der Waals surface area contributed by atoms with E-state index in [1.807, 2.05) is 38.1 Å². The molecule has 1 aromatic carbocycles. The lowest BCUT2D eigenvalue weighted by Crippen LogP contribution is -2.64. The molecule has 1 aromatic heterocycles. The molecule has 4 N–H and O–H groups in total. The van der Waals surface area contributed by atoms with Crippen LogP contribution in [0.25, 0.3) is 10.9 Å². The second-order valence-corrected chi connectivity index (χ2v) is 20.4. The van der Waals surface area contributed by atoms with Crippen LogP contribution >= 0.6 is 0 Å². The third-order valence-electron chi connectivity index (χ3n) is 15.5. The zero-order chi connectivity index (χ0) is 49.6. The molecule has 1 aliphatic carbocycles. The highest BCUT2D eigenvalue weighted by Gasteiger charge is 2.57. The van der Waals surface area contributed by atoms with E-state index in [9.17, 15) is 39.6 Å². The number of aliphatic hydroxyl groups excluding tert-OH is 3.